The second-order valence-electron chi connectivity index (χ2n) is 4.38. The van der Waals surface area contributed by atoms with E-state index in [9.17, 15) is 0 Å². The number of nitrogens with two attached hydrogens (primary N) is 1. The van der Waals surface area contributed by atoms with Crippen molar-refractivity contribution in [1.82, 2.24) is 0 Å². The van der Waals surface area contributed by atoms with Crippen LogP contribution >= 0.6 is 0 Å². The predicted octanol–water partition coefficient (Wildman–Crippen LogP) is 1.86. The highest BCUT2D eigenvalue weighted by Gasteiger charge is 2.39. The number of nitrogens with zero attached hydrogens (tertiary/aromatic N) is 1. The first-order valence-electron chi connectivity index (χ1n) is 5.74. The van der Waals surface area contributed by atoms with Gasteiger partial charge in [0, 0.05) is 6.61 Å². The van der Waals surface area contributed by atoms with Crippen molar-refractivity contribution < 1.29 is 4.74 Å². The highest BCUT2D eigenvalue weighted by molar-refractivity contribution is 5.89. The van der Waals surface area contributed by atoms with Crippen molar-refractivity contribution in [3.63, 3.8) is 0 Å². The number of amidine groups is 1. The Balaban J connectivity index is 2.07. The van der Waals surface area contributed by atoms with Crippen molar-refractivity contribution in [1.29, 1.82) is 0 Å². The zero-order valence-electron chi connectivity index (χ0n) is 8.96. The monoisotopic (exact) mass is 196 g/mol. The highest BCUT2D eigenvalue weighted by Crippen LogP contribution is 2.35. The number of ether oxygens (including phenoxy) is 1. The zero-order valence-corrected chi connectivity index (χ0v) is 8.96. The van der Waals surface area contributed by atoms with Crippen LogP contribution in [0.1, 0.15) is 45.4 Å². The minimum atomic E-state index is -0.197. The molecule has 0 amide bonds. The third-order valence-corrected chi connectivity index (χ3v) is 3.17. The molecule has 2 N–H and O–H groups in total. The molecule has 0 saturated heterocycles. The van der Waals surface area contributed by atoms with Crippen LogP contribution in [-0.2, 0) is 4.74 Å². The van der Waals surface area contributed by atoms with E-state index >= 15 is 0 Å². The molecule has 0 unspecified atom stereocenters. The molecule has 2 saturated carbocycles. The van der Waals surface area contributed by atoms with Crippen LogP contribution < -0.4 is 5.73 Å². The average Bonchev–Trinajstić information content (AvgIpc) is 2.83. The van der Waals surface area contributed by atoms with E-state index < -0.39 is 0 Å². The van der Waals surface area contributed by atoms with E-state index in [1.807, 2.05) is 6.92 Å². The summed E-state index contributed by atoms with van der Waals surface area (Å²) in [7, 11) is 0. The van der Waals surface area contributed by atoms with Gasteiger partial charge in [-0.3, -0.25) is 4.99 Å². The maximum atomic E-state index is 6.07. The minimum absolute atomic E-state index is 0.197. The molecule has 0 bridgehead atoms. The van der Waals surface area contributed by atoms with Crippen molar-refractivity contribution in [2.45, 2.75) is 57.1 Å². The molecule has 0 spiro atoms. The molecule has 80 valence electrons. The number of hydrogen-bond donors (Lipinski definition) is 1. The summed E-state index contributed by atoms with van der Waals surface area (Å²) in [5.41, 5.74) is 5.87. The quantitative estimate of drug-likeness (QED) is 0.551. The fraction of sp³-hybridized carbons (Fsp3) is 0.909. The van der Waals surface area contributed by atoms with Gasteiger partial charge in [0.25, 0.3) is 0 Å². The van der Waals surface area contributed by atoms with Gasteiger partial charge in [0.1, 0.15) is 11.4 Å². The van der Waals surface area contributed by atoms with Crippen LogP contribution in [-0.4, -0.2) is 24.1 Å². The SMILES string of the molecule is CCOC1(C(N)=NC2CC2)CCCC1. The standard InChI is InChI=1S/C11H20N2O/c1-2-14-11(7-3-4-8-11)10(12)13-9-5-6-9/h9H,2-8H2,1H3,(H2,12,13). The number of hydrogen-bond acceptors (Lipinski definition) is 2. The first-order chi connectivity index (χ1) is 6.77. The van der Waals surface area contributed by atoms with Crippen LogP contribution in [0.15, 0.2) is 4.99 Å². The molecule has 0 atom stereocenters. The molecule has 2 aliphatic rings. The third kappa shape index (κ3) is 1.92. The van der Waals surface area contributed by atoms with Gasteiger partial charge in [-0.15, -0.1) is 0 Å². The molecular weight excluding hydrogens is 176 g/mol. The van der Waals surface area contributed by atoms with Crippen molar-refractivity contribution in [3.05, 3.63) is 0 Å². The lowest BCUT2D eigenvalue weighted by Gasteiger charge is -2.28. The summed E-state index contributed by atoms with van der Waals surface area (Å²) >= 11 is 0. The van der Waals surface area contributed by atoms with Gasteiger partial charge >= 0.3 is 0 Å². The van der Waals surface area contributed by atoms with Crippen LogP contribution in [0.25, 0.3) is 0 Å². The van der Waals surface area contributed by atoms with Crippen molar-refractivity contribution in [2.24, 2.45) is 10.7 Å². The van der Waals surface area contributed by atoms with E-state index in [-0.39, 0.29) is 5.60 Å². The molecule has 2 fully saturated rings. The second-order valence-corrected chi connectivity index (χ2v) is 4.38. The van der Waals surface area contributed by atoms with Gasteiger partial charge in [0.2, 0.25) is 0 Å². The van der Waals surface area contributed by atoms with Gasteiger partial charge < -0.3 is 10.5 Å². The normalized spacial score (nSPS) is 26.8. The molecule has 0 radical (unpaired) electrons. The van der Waals surface area contributed by atoms with Crippen LogP contribution in [0.4, 0.5) is 0 Å². The van der Waals surface area contributed by atoms with Gasteiger partial charge in [0.05, 0.1) is 6.04 Å². The average molecular weight is 196 g/mol. The molecule has 0 heterocycles. The van der Waals surface area contributed by atoms with Crippen LogP contribution in [0.3, 0.4) is 0 Å². The lowest BCUT2D eigenvalue weighted by Crippen LogP contribution is -2.44. The van der Waals surface area contributed by atoms with Gasteiger partial charge in [-0.25, -0.2) is 0 Å². The van der Waals surface area contributed by atoms with E-state index in [0.717, 1.165) is 25.3 Å². The van der Waals surface area contributed by atoms with Crippen LogP contribution in [0, 0.1) is 0 Å². The third-order valence-electron chi connectivity index (χ3n) is 3.17. The Kier molecular flexibility index (Phi) is 2.77. The van der Waals surface area contributed by atoms with E-state index in [1.165, 1.54) is 25.7 Å². The van der Waals surface area contributed by atoms with Crippen molar-refractivity contribution in [2.75, 3.05) is 6.61 Å². The number of aliphatic imine (C=N–C) groups is 1. The summed E-state index contributed by atoms with van der Waals surface area (Å²) in [5.74, 6) is 0.763. The lowest BCUT2D eigenvalue weighted by molar-refractivity contribution is 0.0197. The molecule has 2 rings (SSSR count). The molecule has 3 heteroatoms. The van der Waals surface area contributed by atoms with Crippen LogP contribution in [0.5, 0.6) is 0 Å². The Morgan fingerprint density at radius 1 is 1.43 bits per heavy atom. The van der Waals surface area contributed by atoms with Crippen molar-refractivity contribution >= 4 is 5.84 Å². The predicted molar refractivity (Wildman–Crippen MR) is 57.5 cm³/mol. The van der Waals surface area contributed by atoms with Crippen molar-refractivity contribution in [3.8, 4) is 0 Å². The molecule has 0 aliphatic heterocycles. The summed E-state index contributed by atoms with van der Waals surface area (Å²) in [6, 6.07) is 0.507. The molecule has 0 aromatic heterocycles. The van der Waals surface area contributed by atoms with Gasteiger partial charge in [-0.1, -0.05) is 0 Å². The first kappa shape index (κ1) is 9.97. The fourth-order valence-corrected chi connectivity index (χ4v) is 2.21. The maximum Gasteiger partial charge on any atom is 0.127 e. The molecule has 14 heavy (non-hydrogen) atoms. The Morgan fingerprint density at radius 2 is 2.07 bits per heavy atom. The Bertz CT molecular complexity index is 227. The molecule has 0 aromatic rings. The summed E-state index contributed by atoms with van der Waals surface area (Å²) in [5, 5.41) is 0. The first-order valence-corrected chi connectivity index (χ1v) is 5.74. The molecule has 2 aliphatic carbocycles. The largest absolute Gasteiger partial charge is 0.385 e. The van der Waals surface area contributed by atoms with E-state index in [2.05, 4.69) is 4.99 Å². The van der Waals surface area contributed by atoms with E-state index in [4.69, 9.17) is 10.5 Å². The van der Waals surface area contributed by atoms with Crippen LogP contribution in [0.2, 0.25) is 0 Å². The Hall–Kier alpha value is -0.570. The highest BCUT2D eigenvalue weighted by atomic mass is 16.5. The van der Waals surface area contributed by atoms with Gasteiger partial charge in [-0.2, -0.15) is 0 Å². The summed E-state index contributed by atoms with van der Waals surface area (Å²) in [4.78, 5) is 4.53. The molecule has 0 aromatic carbocycles. The zero-order chi connectivity index (χ0) is 10.0. The number of rotatable bonds is 4. The fourth-order valence-electron chi connectivity index (χ4n) is 2.21. The van der Waals surface area contributed by atoms with Gasteiger partial charge in [0.15, 0.2) is 0 Å². The van der Waals surface area contributed by atoms with E-state index in [0.29, 0.717) is 6.04 Å². The molecular formula is C11H20N2O. The Morgan fingerprint density at radius 3 is 2.57 bits per heavy atom. The molecule has 3 nitrogen and oxygen atoms in total. The maximum absolute atomic E-state index is 6.07. The topological polar surface area (TPSA) is 47.6 Å². The van der Waals surface area contributed by atoms with Gasteiger partial charge in [-0.05, 0) is 45.4 Å². The summed E-state index contributed by atoms with van der Waals surface area (Å²) in [6.45, 7) is 2.77. The minimum Gasteiger partial charge on any atom is -0.385 e. The van der Waals surface area contributed by atoms with E-state index in [1.54, 1.807) is 0 Å². The second kappa shape index (κ2) is 3.89. The summed E-state index contributed by atoms with van der Waals surface area (Å²) < 4.78 is 5.83. The summed E-state index contributed by atoms with van der Waals surface area (Å²) in [6.07, 6.45) is 6.99. The Labute approximate surface area is 85.7 Å². The smallest absolute Gasteiger partial charge is 0.127 e. The lowest BCUT2D eigenvalue weighted by atomic mass is 10.0.